The zero-order valence-corrected chi connectivity index (χ0v) is 5.57. The highest BCUT2D eigenvalue weighted by Gasteiger charge is 2.06. The van der Waals surface area contributed by atoms with Gasteiger partial charge in [0.2, 0.25) is 0 Å². The van der Waals surface area contributed by atoms with Crippen LogP contribution in [0.1, 0.15) is 20.3 Å². The fraction of sp³-hybridized carbons (Fsp3) is 1.00. The Hall–Kier alpha value is -0.120. The molecular formula is C5H15N3. The Morgan fingerprint density at radius 1 is 1.50 bits per heavy atom. The van der Waals surface area contributed by atoms with Crippen molar-refractivity contribution in [2.24, 2.45) is 11.5 Å². The van der Waals surface area contributed by atoms with Crippen LogP contribution in [0.4, 0.5) is 0 Å². The van der Waals surface area contributed by atoms with Crippen molar-refractivity contribution in [3.8, 4) is 0 Å². The molecule has 0 aliphatic heterocycles. The van der Waals surface area contributed by atoms with Crippen LogP contribution in [0.5, 0.6) is 0 Å². The molecule has 50 valence electrons. The highest BCUT2D eigenvalue weighted by atomic mass is 15.2. The second-order valence-electron chi connectivity index (χ2n) is 2.21. The zero-order valence-electron chi connectivity index (χ0n) is 5.57. The van der Waals surface area contributed by atoms with Crippen LogP contribution < -0.4 is 16.8 Å². The molecule has 0 unspecified atom stereocenters. The first-order chi connectivity index (χ1) is 3.56. The van der Waals surface area contributed by atoms with Crippen molar-refractivity contribution in [3.05, 3.63) is 0 Å². The molecule has 0 aromatic carbocycles. The quantitative estimate of drug-likeness (QED) is 0.440. The molecule has 3 nitrogen and oxygen atoms in total. The molecule has 0 aliphatic rings. The largest absolute Gasteiger partial charge is 0.301 e. The van der Waals surface area contributed by atoms with Gasteiger partial charge in [0.1, 0.15) is 5.79 Å². The molecule has 3 heteroatoms. The van der Waals surface area contributed by atoms with Gasteiger partial charge in [0.15, 0.2) is 0 Å². The van der Waals surface area contributed by atoms with Crippen LogP contribution in [0.15, 0.2) is 0 Å². The minimum Gasteiger partial charge on any atom is -0.301 e. The number of hydrogen-bond donors (Lipinski definition) is 3. The second-order valence-corrected chi connectivity index (χ2v) is 2.21. The molecule has 0 bridgehead atoms. The fourth-order valence-electron chi connectivity index (χ4n) is 0.394. The standard InChI is InChI=1S/C5H15N3/c1-3-4-8-5(2,6)7/h8H,3-4,6-7H2,1-2H3. The Kier molecular flexibility index (Phi) is 2.97. The van der Waals surface area contributed by atoms with Crippen molar-refractivity contribution in [1.29, 1.82) is 0 Å². The van der Waals surface area contributed by atoms with Crippen LogP contribution >= 0.6 is 0 Å². The molecule has 0 saturated heterocycles. The summed E-state index contributed by atoms with van der Waals surface area (Å²) in [6, 6.07) is 0. The van der Waals surface area contributed by atoms with E-state index in [1.54, 1.807) is 6.92 Å². The Labute approximate surface area is 50.4 Å². The third-order valence-corrected chi connectivity index (χ3v) is 0.756. The molecule has 0 saturated carbocycles. The van der Waals surface area contributed by atoms with Gasteiger partial charge in [-0.1, -0.05) is 6.92 Å². The summed E-state index contributed by atoms with van der Waals surface area (Å²) < 4.78 is 0. The molecule has 0 atom stereocenters. The van der Waals surface area contributed by atoms with Crippen molar-refractivity contribution in [2.75, 3.05) is 6.54 Å². The summed E-state index contributed by atoms with van der Waals surface area (Å²) in [7, 11) is 0. The maximum Gasteiger partial charge on any atom is 0.115 e. The lowest BCUT2D eigenvalue weighted by Crippen LogP contribution is -2.58. The molecule has 0 heterocycles. The van der Waals surface area contributed by atoms with Gasteiger partial charge in [-0.15, -0.1) is 0 Å². The van der Waals surface area contributed by atoms with Gasteiger partial charge in [-0.25, -0.2) is 0 Å². The number of nitrogens with two attached hydrogens (primary N) is 2. The first-order valence-electron chi connectivity index (χ1n) is 2.89. The highest BCUT2D eigenvalue weighted by Crippen LogP contribution is 1.79. The molecule has 5 N–H and O–H groups in total. The van der Waals surface area contributed by atoms with Crippen molar-refractivity contribution < 1.29 is 0 Å². The van der Waals surface area contributed by atoms with E-state index in [2.05, 4.69) is 12.2 Å². The Bertz CT molecular complexity index is 55.2. The van der Waals surface area contributed by atoms with Gasteiger partial charge in [0.25, 0.3) is 0 Å². The maximum absolute atomic E-state index is 5.39. The Morgan fingerprint density at radius 2 is 2.00 bits per heavy atom. The van der Waals surface area contributed by atoms with Crippen LogP contribution in [-0.2, 0) is 0 Å². The lowest BCUT2D eigenvalue weighted by molar-refractivity contribution is 0.382. The van der Waals surface area contributed by atoms with E-state index in [9.17, 15) is 0 Å². The summed E-state index contributed by atoms with van der Waals surface area (Å²) in [6.45, 7) is 4.69. The van der Waals surface area contributed by atoms with E-state index in [0.29, 0.717) is 0 Å². The molecule has 0 amide bonds. The minimum atomic E-state index is -0.698. The number of rotatable bonds is 3. The van der Waals surface area contributed by atoms with Crippen molar-refractivity contribution in [3.63, 3.8) is 0 Å². The Balaban J connectivity index is 3.11. The smallest absolute Gasteiger partial charge is 0.115 e. The average molecular weight is 117 g/mol. The van der Waals surface area contributed by atoms with Crippen LogP contribution in [-0.4, -0.2) is 12.3 Å². The minimum absolute atomic E-state index is 0.698. The molecule has 0 aliphatic carbocycles. The first kappa shape index (κ1) is 7.88. The fourth-order valence-corrected chi connectivity index (χ4v) is 0.394. The monoisotopic (exact) mass is 117 g/mol. The van der Waals surface area contributed by atoms with E-state index in [4.69, 9.17) is 11.5 Å². The molecule has 0 aromatic rings. The van der Waals surface area contributed by atoms with E-state index in [-0.39, 0.29) is 0 Å². The molecular weight excluding hydrogens is 102 g/mol. The third kappa shape index (κ3) is 5.88. The van der Waals surface area contributed by atoms with Crippen LogP contribution in [0.3, 0.4) is 0 Å². The maximum atomic E-state index is 5.39. The summed E-state index contributed by atoms with van der Waals surface area (Å²) in [5, 5.41) is 2.93. The molecule has 0 fully saturated rings. The molecule has 0 aromatic heterocycles. The molecule has 8 heavy (non-hydrogen) atoms. The summed E-state index contributed by atoms with van der Waals surface area (Å²) in [4.78, 5) is 0. The average Bonchev–Trinajstić information content (AvgIpc) is 1.59. The normalized spacial score (nSPS) is 12.0. The highest BCUT2D eigenvalue weighted by molar-refractivity contribution is 4.64. The topological polar surface area (TPSA) is 64.1 Å². The predicted molar refractivity (Wildman–Crippen MR) is 35.1 cm³/mol. The second kappa shape index (κ2) is 3.02. The van der Waals surface area contributed by atoms with Gasteiger partial charge in [-0.2, -0.15) is 0 Å². The summed E-state index contributed by atoms with van der Waals surface area (Å²) in [6.07, 6.45) is 1.06. The van der Waals surface area contributed by atoms with Crippen molar-refractivity contribution in [2.45, 2.75) is 26.1 Å². The summed E-state index contributed by atoms with van der Waals surface area (Å²) in [5.74, 6) is -0.698. The first-order valence-corrected chi connectivity index (χ1v) is 2.89. The van der Waals surface area contributed by atoms with E-state index < -0.39 is 5.79 Å². The van der Waals surface area contributed by atoms with Gasteiger partial charge in [0, 0.05) is 0 Å². The number of hydrogen-bond acceptors (Lipinski definition) is 3. The lowest BCUT2D eigenvalue weighted by atomic mass is 10.4. The van der Waals surface area contributed by atoms with E-state index in [0.717, 1.165) is 13.0 Å². The number of nitrogens with one attached hydrogen (secondary N) is 1. The van der Waals surface area contributed by atoms with Gasteiger partial charge < -0.3 is 11.5 Å². The van der Waals surface area contributed by atoms with Crippen LogP contribution in [0, 0.1) is 0 Å². The van der Waals surface area contributed by atoms with Gasteiger partial charge in [-0.3, -0.25) is 5.32 Å². The summed E-state index contributed by atoms with van der Waals surface area (Å²) in [5.41, 5.74) is 10.8. The van der Waals surface area contributed by atoms with Crippen LogP contribution in [0.25, 0.3) is 0 Å². The molecule has 0 spiro atoms. The third-order valence-electron chi connectivity index (χ3n) is 0.756. The zero-order chi connectivity index (χ0) is 6.62. The van der Waals surface area contributed by atoms with E-state index in [1.807, 2.05) is 0 Å². The Morgan fingerprint density at radius 3 is 2.12 bits per heavy atom. The summed E-state index contributed by atoms with van der Waals surface area (Å²) >= 11 is 0. The van der Waals surface area contributed by atoms with Gasteiger partial charge in [-0.05, 0) is 19.9 Å². The van der Waals surface area contributed by atoms with E-state index in [1.165, 1.54) is 0 Å². The van der Waals surface area contributed by atoms with Crippen LogP contribution in [0.2, 0.25) is 0 Å². The molecule has 0 rings (SSSR count). The van der Waals surface area contributed by atoms with Gasteiger partial charge in [0.05, 0.1) is 0 Å². The van der Waals surface area contributed by atoms with Crippen molar-refractivity contribution in [1.82, 2.24) is 5.32 Å². The van der Waals surface area contributed by atoms with Gasteiger partial charge >= 0.3 is 0 Å². The van der Waals surface area contributed by atoms with Crippen molar-refractivity contribution >= 4 is 0 Å². The van der Waals surface area contributed by atoms with E-state index >= 15 is 0 Å². The SMILES string of the molecule is CCCNC(C)(N)N. The predicted octanol–water partition coefficient (Wildman–Crippen LogP) is -0.423. The lowest BCUT2D eigenvalue weighted by Gasteiger charge is -2.19. The molecule has 0 radical (unpaired) electrons.